The highest BCUT2D eigenvalue weighted by Gasteiger charge is 2.30. The number of nitrogens with zero attached hydrogens (tertiary/aromatic N) is 3. The summed E-state index contributed by atoms with van der Waals surface area (Å²) in [7, 11) is 4.11. The molecule has 4 nitrogen and oxygen atoms in total. The first-order chi connectivity index (χ1) is 15.1. The lowest BCUT2D eigenvalue weighted by molar-refractivity contribution is -0.119. The van der Waals surface area contributed by atoms with Crippen molar-refractivity contribution in [3.8, 4) is 0 Å². The molecule has 0 unspecified atom stereocenters. The fraction of sp³-hybridized carbons (Fsp3) is 0.231. The third kappa shape index (κ3) is 5.01. The highest BCUT2D eigenvalue weighted by atomic mass is 32.1. The van der Waals surface area contributed by atoms with Crippen LogP contribution in [0.2, 0.25) is 0 Å². The second-order valence-corrected chi connectivity index (χ2v) is 8.87. The molecule has 0 atom stereocenters. The van der Waals surface area contributed by atoms with Gasteiger partial charge in [-0.25, -0.2) is 4.98 Å². The number of carbonyl (C=O) groups is 1. The zero-order valence-corrected chi connectivity index (χ0v) is 18.8. The van der Waals surface area contributed by atoms with Gasteiger partial charge in [-0.05, 0) is 50.3 Å². The van der Waals surface area contributed by atoms with Crippen LogP contribution in [0.15, 0.2) is 84.9 Å². The highest BCUT2D eigenvalue weighted by molar-refractivity contribution is 7.22. The highest BCUT2D eigenvalue weighted by Crippen LogP contribution is 2.33. The van der Waals surface area contributed by atoms with Gasteiger partial charge in [-0.15, -0.1) is 0 Å². The molecule has 1 amide bonds. The largest absolute Gasteiger partial charge is 0.309 e. The van der Waals surface area contributed by atoms with Crippen LogP contribution < -0.4 is 4.90 Å². The van der Waals surface area contributed by atoms with Gasteiger partial charge in [0, 0.05) is 6.54 Å². The van der Waals surface area contributed by atoms with Crippen molar-refractivity contribution < 1.29 is 4.79 Å². The number of para-hydroxylation sites is 1. The van der Waals surface area contributed by atoms with Gasteiger partial charge >= 0.3 is 0 Å². The van der Waals surface area contributed by atoms with Crippen molar-refractivity contribution in [3.05, 3.63) is 96.1 Å². The van der Waals surface area contributed by atoms with E-state index in [0.29, 0.717) is 6.54 Å². The maximum Gasteiger partial charge on any atom is 0.240 e. The number of aromatic nitrogens is 1. The van der Waals surface area contributed by atoms with Crippen molar-refractivity contribution in [2.24, 2.45) is 0 Å². The number of hydrogen-bond acceptors (Lipinski definition) is 4. The van der Waals surface area contributed by atoms with Crippen LogP contribution in [0.4, 0.5) is 5.13 Å². The minimum Gasteiger partial charge on any atom is -0.309 e. The number of thiazole rings is 1. The van der Waals surface area contributed by atoms with E-state index in [1.165, 1.54) is 0 Å². The summed E-state index contributed by atoms with van der Waals surface area (Å²) in [5.41, 5.74) is 2.93. The van der Waals surface area contributed by atoms with Gasteiger partial charge in [0.25, 0.3) is 0 Å². The Kier molecular flexibility index (Phi) is 6.75. The summed E-state index contributed by atoms with van der Waals surface area (Å²) in [6.45, 7) is 1.54. The van der Waals surface area contributed by atoms with Crippen molar-refractivity contribution in [3.63, 3.8) is 0 Å². The number of benzene rings is 3. The average Bonchev–Trinajstić information content (AvgIpc) is 3.22. The molecule has 158 valence electrons. The van der Waals surface area contributed by atoms with Gasteiger partial charge in [0.15, 0.2) is 5.13 Å². The first kappa shape index (κ1) is 21.2. The molecular formula is C26H27N3OS. The molecule has 31 heavy (non-hydrogen) atoms. The van der Waals surface area contributed by atoms with Crippen molar-refractivity contribution in [2.75, 3.05) is 32.1 Å². The Bertz CT molecular complexity index is 1050. The van der Waals surface area contributed by atoms with Gasteiger partial charge in [0.1, 0.15) is 0 Å². The summed E-state index contributed by atoms with van der Waals surface area (Å²) >= 11 is 1.58. The predicted molar refractivity (Wildman–Crippen MR) is 130 cm³/mol. The normalized spacial score (nSPS) is 11.4. The van der Waals surface area contributed by atoms with Gasteiger partial charge in [-0.3, -0.25) is 9.69 Å². The van der Waals surface area contributed by atoms with Gasteiger partial charge in [0.2, 0.25) is 5.91 Å². The van der Waals surface area contributed by atoms with E-state index in [-0.39, 0.29) is 11.8 Å². The molecule has 0 aliphatic carbocycles. The van der Waals surface area contributed by atoms with Crippen molar-refractivity contribution in [2.45, 2.75) is 12.3 Å². The zero-order chi connectivity index (χ0) is 21.6. The summed E-state index contributed by atoms with van der Waals surface area (Å²) in [4.78, 5) is 22.9. The van der Waals surface area contributed by atoms with Gasteiger partial charge in [-0.1, -0.05) is 84.1 Å². The summed E-state index contributed by atoms with van der Waals surface area (Å²) < 4.78 is 1.10. The second kappa shape index (κ2) is 9.86. The molecule has 1 aromatic heterocycles. The Morgan fingerprint density at radius 1 is 0.839 bits per heavy atom. The minimum absolute atomic E-state index is 0.0650. The number of anilines is 1. The zero-order valence-electron chi connectivity index (χ0n) is 17.9. The molecule has 4 aromatic rings. The molecule has 0 saturated carbocycles. The number of amides is 1. The molecule has 0 aliphatic rings. The van der Waals surface area contributed by atoms with Crippen LogP contribution >= 0.6 is 11.3 Å². The monoisotopic (exact) mass is 429 g/mol. The van der Waals surface area contributed by atoms with E-state index >= 15 is 0 Å². The van der Waals surface area contributed by atoms with E-state index < -0.39 is 0 Å². The predicted octanol–water partition coefficient (Wildman–Crippen LogP) is 5.41. The van der Waals surface area contributed by atoms with E-state index in [9.17, 15) is 4.79 Å². The minimum atomic E-state index is -0.367. The Balaban J connectivity index is 1.74. The number of carbonyl (C=O) groups excluding carboxylic acids is 1. The molecule has 4 rings (SSSR count). The van der Waals surface area contributed by atoms with Crippen LogP contribution in [0.5, 0.6) is 0 Å². The average molecular weight is 430 g/mol. The maximum atomic E-state index is 14.1. The van der Waals surface area contributed by atoms with Crippen LogP contribution in [0.1, 0.15) is 23.5 Å². The maximum absolute atomic E-state index is 14.1. The van der Waals surface area contributed by atoms with Crippen LogP contribution in [-0.4, -0.2) is 43.0 Å². The standard InChI is InChI=1S/C26H27N3OS/c1-28(2)18-11-19-29(26-27-22-16-9-10-17-23(22)31-26)25(30)24(20-12-5-3-6-13-20)21-14-7-4-8-15-21/h3-10,12-17,24H,11,18-19H2,1-2H3. The van der Waals surface area contributed by atoms with Crippen LogP contribution in [0.25, 0.3) is 10.2 Å². The molecule has 0 aliphatic heterocycles. The molecular weight excluding hydrogens is 402 g/mol. The number of fused-ring (bicyclic) bond motifs is 1. The molecule has 0 bridgehead atoms. The van der Waals surface area contributed by atoms with Crippen molar-refractivity contribution in [1.29, 1.82) is 0 Å². The van der Waals surface area contributed by atoms with E-state index in [2.05, 4.69) is 25.1 Å². The number of hydrogen-bond donors (Lipinski definition) is 0. The first-order valence-corrected chi connectivity index (χ1v) is 11.4. The van der Waals surface area contributed by atoms with Crippen LogP contribution in [-0.2, 0) is 4.79 Å². The Hall–Kier alpha value is -3.02. The molecule has 3 aromatic carbocycles. The quantitative estimate of drug-likeness (QED) is 0.376. The number of rotatable bonds is 8. The van der Waals surface area contributed by atoms with E-state index in [0.717, 1.165) is 39.4 Å². The third-order valence-electron chi connectivity index (χ3n) is 5.28. The molecule has 0 N–H and O–H groups in total. The summed E-state index contributed by atoms with van der Waals surface area (Å²) in [5, 5.41) is 0.766. The Labute approximate surface area is 187 Å². The summed E-state index contributed by atoms with van der Waals surface area (Å²) in [5.74, 6) is -0.302. The molecule has 0 radical (unpaired) electrons. The smallest absolute Gasteiger partial charge is 0.240 e. The first-order valence-electron chi connectivity index (χ1n) is 10.5. The lowest BCUT2D eigenvalue weighted by Crippen LogP contribution is -2.37. The lowest BCUT2D eigenvalue weighted by atomic mass is 9.90. The van der Waals surface area contributed by atoms with E-state index in [4.69, 9.17) is 4.98 Å². The van der Waals surface area contributed by atoms with Crippen molar-refractivity contribution in [1.82, 2.24) is 9.88 Å². The van der Waals surface area contributed by atoms with E-state index in [1.54, 1.807) is 11.3 Å². The lowest BCUT2D eigenvalue weighted by Gasteiger charge is -2.26. The summed E-state index contributed by atoms with van der Waals surface area (Å²) in [6.07, 6.45) is 0.880. The molecule has 5 heteroatoms. The van der Waals surface area contributed by atoms with Crippen molar-refractivity contribution >= 4 is 32.6 Å². The molecule has 0 saturated heterocycles. The fourth-order valence-corrected chi connectivity index (χ4v) is 4.74. The van der Waals surface area contributed by atoms with Crippen LogP contribution in [0, 0.1) is 0 Å². The molecule has 0 spiro atoms. The molecule has 0 fully saturated rings. The second-order valence-electron chi connectivity index (χ2n) is 7.87. The SMILES string of the molecule is CN(C)CCCN(C(=O)C(c1ccccc1)c1ccccc1)c1nc2ccccc2s1. The van der Waals surface area contributed by atoms with E-state index in [1.807, 2.05) is 83.8 Å². The van der Waals surface area contributed by atoms with Gasteiger partial charge < -0.3 is 4.90 Å². The van der Waals surface area contributed by atoms with Crippen LogP contribution in [0.3, 0.4) is 0 Å². The molecule has 1 heterocycles. The third-order valence-corrected chi connectivity index (χ3v) is 6.34. The Morgan fingerprint density at radius 2 is 1.42 bits per heavy atom. The summed E-state index contributed by atoms with van der Waals surface area (Å²) in [6, 6.07) is 28.1. The topological polar surface area (TPSA) is 36.4 Å². The van der Waals surface area contributed by atoms with Gasteiger partial charge in [-0.2, -0.15) is 0 Å². The Morgan fingerprint density at radius 3 is 2.00 bits per heavy atom. The fourth-order valence-electron chi connectivity index (χ4n) is 3.75. The van der Waals surface area contributed by atoms with Gasteiger partial charge in [0.05, 0.1) is 16.1 Å².